The van der Waals surface area contributed by atoms with Gasteiger partial charge in [-0.3, -0.25) is 13.9 Å². The van der Waals surface area contributed by atoms with E-state index >= 15 is 0 Å². The summed E-state index contributed by atoms with van der Waals surface area (Å²) in [7, 11) is -2.74. The summed E-state index contributed by atoms with van der Waals surface area (Å²) in [6.45, 7) is 1.13. The Morgan fingerprint density at radius 2 is 1.60 bits per heavy atom. The van der Waals surface area contributed by atoms with E-state index < -0.39 is 28.5 Å². The van der Waals surface area contributed by atoms with Crippen molar-refractivity contribution in [2.45, 2.75) is 56.1 Å². The van der Waals surface area contributed by atoms with Crippen LogP contribution in [0.1, 0.15) is 38.2 Å². The maximum Gasteiger partial charge on any atom is 0.264 e. The smallest absolute Gasteiger partial charge is 0.264 e. The number of amides is 2. The molecular formula is C30H34ClN3O5S. The van der Waals surface area contributed by atoms with Crippen LogP contribution in [0.25, 0.3) is 0 Å². The minimum absolute atomic E-state index is 0.0263. The van der Waals surface area contributed by atoms with Crippen LogP contribution in [0.15, 0.2) is 83.8 Å². The van der Waals surface area contributed by atoms with Crippen LogP contribution in [0.4, 0.5) is 5.69 Å². The van der Waals surface area contributed by atoms with Crippen LogP contribution in [0.2, 0.25) is 5.02 Å². The van der Waals surface area contributed by atoms with Gasteiger partial charge in [-0.2, -0.15) is 0 Å². The average molecular weight is 584 g/mol. The van der Waals surface area contributed by atoms with E-state index in [-0.39, 0.29) is 29.1 Å². The molecule has 1 atom stereocenters. The zero-order chi connectivity index (χ0) is 28.7. The van der Waals surface area contributed by atoms with E-state index in [9.17, 15) is 18.0 Å². The fourth-order valence-electron chi connectivity index (χ4n) is 4.85. The molecule has 3 aromatic carbocycles. The number of halogens is 1. The molecule has 8 nitrogen and oxygen atoms in total. The van der Waals surface area contributed by atoms with Crippen LogP contribution < -0.4 is 14.4 Å². The van der Waals surface area contributed by atoms with Crippen molar-refractivity contribution in [2.75, 3.05) is 18.0 Å². The number of para-hydroxylation sites is 2. The van der Waals surface area contributed by atoms with Gasteiger partial charge in [0.25, 0.3) is 10.0 Å². The number of ether oxygens (including phenoxy) is 1. The van der Waals surface area contributed by atoms with Crippen molar-refractivity contribution in [1.82, 2.24) is 10.2 Å². The zero-order valence-corrected chi connectivity index (χ0v) is 24.2. The molecule has 0 spiro atoms. The summed E-state index contributed by atoms with van der Waals surface area (Å²) >= 11 is 6.43. The van der Waals surface area contributed by atoms with E-state index in [0.717, 1.165) is 30.0 Å². The predicted molar refractivity (Wildman–Crippen MR) is 156 cm³/mol. The van der Waals surface area contributed by atoms with Gasteiger partial charge in [-0.1, -0.05) is 73.0 Å². The molecule has 0 aromatic heterocycles. The predicted octanol–water partition coefficient (Wildman–Crippen LogP) is 5.02. The first-order chi connectivity index (χ1) is 19.2. The molecule has 10 heteroatoms. The SMILES string of the molecule is COc1ccccc1N(CC(=O)N(Cc1ccccc1Cl)[C@H](C)C(=O)NC1CCCC1)S(=O)(=O)c1ccccc1. The topological polar surface area (TPSA) is 96.0 Å². The molecule has 1 saturated carbocycles. The highest BCUT2D eigenvalue weighted by atomic mass is 35.5. The Morgan fingerprint density at radius 3 is 2.27 bits per heavy atom. The third-order valence-electron chi connectivity index (χ3n) is 7.13. The number of anilines is 1. The number of carbonyl (C=O) groups is 2. The number of nitrogens with one attached hydrogen (secondary N) is 1. The Balaban J connectivity index is 1.71. The molecule has 40 heavy (non-hydrogen) atoms. The van der Waals surface area contributed by atoms with Crippen molar-refractivity contribution in [3.8, 4) is 5.75 Å². The molecule has 212 valence electrons. The lowest BCUT2D eigenvalue weighted by atomic mass is 10.1. The molecular weight excluding hydrogens is 550 g/mol. The molecule has 0 bridgehead atoms. The molecule has 1 fully saturated rings. The summed E-state index contributed by atoms with van der Waals surface area (Å²) in [5, 5.41) is 3.50. The van der Waals surface area contributed by atoms with Crippen LogP contribution in [0.3, 0.4) is 0 Å². The van der Waals surface area contributed by atoms with E-state index in [1.54, 1.807) is 73.7 Å². The molecule has 3 aromatic rings. The third kappa shape index (κ3) is 6.77. The lowest BCUT2D eigenvalue weighted by Crippen LogP contribution is -2.52. The first-order valence-electron chi connectivity index (χ1n) is 13.3. The van der Waals surface area contributed by atoms with Gasteiger partial charge in [-0.25, -0.2) is 8.42 Å². The highest BCUT2D eigenvalue weighted by Crippen LogP contribution is 2.32. The van der Waals surface area contributed by atoms with Crippen LogP contribution in [0.5, 0.6) is 5.75 Å². The number of hydrogen-bond acceptors (Lipinski definition) is 5. The Hall–Kier alpha value is -3.56. The minimum atomic E-state index is -4.18. The largest absolute Gasteiger partial charge is 0.495 e. The molecule has 2 amide bonds. The number of methoxy groups -OCH3 is 1. The van der Waals surface area contributed by atoms with E-state index in [0.29, 0.717) is 16.3 Å². The van der Waals surface area contributed by atoms with Crippen LogP contribution in [0, 0.1) is 0 Å². The molecule has 0 radical (unpaired) electrons. The molecule has 1 aliphatic carbocycles. The molecule has 0 heterocycles. The second kappa shape index (κ2) is 13.2. The number of carbonyl (C=O) groups excluding carboxylic acids is 2. The summed E-state index contributed by atoms with van der Waals surface area (Å²) in [4.78, 5) is 28.8. The first-order valence-corrected chi connectivity index (χ1v) is 15.1. The van der Waals surface area contributed by atoms with Gasteiger partial charge in [0.15, 0.2) is 0 Å². The maximum absolute atomic E-state index is 14.1. The van der Waals surface area contributed by atoms with Gasteiger partial charge in [-0.15, -0.1) is 0 Å². The molecule has 0 unspecified atom stereocenters. The van der Waals surface area contributed by atoms with Crippen molar-refractivity contribution in [2.24, 2.45) is 0 Å². The molecule has 4 rings (SSSR count). The Morgan fingerprint density at radius 1 is 0.975 bits per heavy atom. The number of nitrogens with zero attached hydrogens (tertiary/aromatic N) is 2. The van der Waals surface area contributed by atoms with E-state index in [1.807, 2.05) is 0 Å². The van der Waals surface area contributed by atoms with Crippen molar-refractivity contribution >= 4 is 39.1 Å². The average Bonchev–Trinajstić information content (AvgIpc) is 3.48. The lowest BCUT2D eigenvalue weighted by molar-refractivity contribution is -0.139. The van der Waals surface area contributed by atoms with Gasteiger partial charge < -0.3 is 15.0 Å². The van der Waals surface area contributed by atoms with Crippen molar-refractivity contribution in [1.29, 1.82) is 0 Å². The lowest BCUT2D eigenvalue weighted by Gasteiger charge is -2.33. The number of sulfonamides is 1. The Labute approximate surface area is 240 Å². The molecule has 1 N–H and O–H groups in total. The molecule has 0 saturated heterocycles. The summed E-state index contributed by atoms with van der Waals surface area (Å²) < 4.78 is 34.3. The van der Waals surface area contributed by atoms with Gasteiger partial charge in [0.1, 0.15) is 18.3 Å². The number of rotatable bonds is 11. The van der Waals surface area contributed by atoms with Gasteiger partial charge >= 0.3 is 0 Å². The fourth-order valence-corrected chi connectivity index (χ4v) is 6.49. The summed E-state index contributed by atoms with van der Waals surface area (Å²) in [5.41, 5.74) is 0.857. The monoisotopic (exact) mass is 583 g/mol. The van der Waals surface area contributed by atoms with Gasteiger partial charge in [0, 0.05) is 17.6 Å². The maximum atomic E-state index is 14.1. The van der Waals surface area contributed by atoms with Crippen LogP contribution in [-0.4, -0.2) is 50.9 Å². The van der Waals surface area contributed by atoms with Crippen molar-refractivity contribution < 1.29 is 22.7 Å². The highest BCUT2D eigenvalue weighted by Gasteiger charge is 2.34. The summed E-state index contributed by atoms with van der Waals surface area (Å²) in [6.07, 6.45) is 3.89. The fraction of sp³-hybridized carbons (Fsp3) is 0.333. The molecule has 0 aliphatic heterocycles. The third-order valence-corrected chi connectivity index (χ3v) is 9.27. The second-order valence-corrected chi connectivity index (χ2v) is 12.0. The van der Waals surface area contributed by atoms with Crippen molar-refractivity contribution in [3.05, 3.63) is 89.4 Å². The van der Waals surface area contributed by atoms with Gasteiger partial charge in [-0.05, 0) is 55.7 Å². The van der Waals surface area contributed by atoms with Crippen molar-refractivity contribution in [3.63, 3.8) is 0 Å². The first kappa shape index (κ1) is 29.4. The van der Waals surface area contributed by atoms with E-state index in [2.05, 4.69) is 5.32 Å². The quantitative estimate of drug-likeness (QED) is 0.342. The standard InChI is InChI=1S/C30H34ClN3O5S/c1-22(30(36)32-24-13-7-8-14-24)33(20-23-12-6-9-17-26(23)31)29(35)21-34(27-18-10-11-19-28(27)39-2)40(37,38)25-15-4-3-5-16-25/h3-6,9-12,15-19,22,24H,7-8,13-14,20-21H2,1-2H3,(H,32,36)/t22-/m1/s1. The minimum Gasteiger partial charge on any atom is -0.495 e. The second-order valence-electron chi connectivity index (χ2n) is 9.78. The Kier molecular flexibility index (Phi) is 9.71. The van der Waals surface area contributed by atoms with Gasteiger partial charge in [0.2, 0.25) is 11.8 Å². The van der Waals surface area contributed by atoms with Crippen LogP contribution >= 0.6 is 11.6 Å². The number of benzene rings is 3. The van der Waals surface area contributed by atoms with Crippen LogP contribution in [-0.2, 0) is 26.2 Å². The summed E-state index contributed by atoms with van der Waals surface area (Å²) in [5.74, 6) is -0.555. The number of hydrogen-bond donors (Lipinski definition) is 1. The zero-order valence-electron chi connectivity index (χ0n) is 22.6. The highest BCUT2D eigenvalue weighted by molar-refractivity contribution is 7.92. The summed E-state index contributed by atoms with van der Waals surface area (Å²) in [6, 6.07) is 20.8. The Bertz CT molecular complexity index is 1430. The van der Waals surface area contributed by atoms with Gasteiger partial charge in [0.05, 0.1) is 17.7 Å². The normalized spacial score (nSPS) is 14.4. The van der Waals surface area contributed by atoms with E-state index in [4.69, 9.17) is 16.3 Å². The van der Waals surface area contributed by atoms with E-state index in [1.165, 1.54) is 24.1 Å². The molecule has 1 aliphatic rings.